The Morgan fingerprint density at radius 1 is 1.35 bits per heavy atom. The lowest BCUT2D eigenvalue weighted by atomic mass is 9.82. The highest BCUT2D eigenvalue weighted by molar-refractivity contribution is 7.09. The smallest absolute Gasteiger partial charge is 0.220 e. The summed E-state index contributed by atoms with van der Waals surface area (Å²) < 4.78 is 19.0. The average molecular weight is 375 g/mol. The van der Waals surface area contributed by atoms with Gasteiger partial charge in [-0.1, -0.05) is 0 Å². The highest BCUT2D eigenvalue weighted by Gasteiger charge is 2.39. The first kappa shape index (κ1) is 17.6. The van der Waals surface area contributed by atoms with E-state index in [-0.39, 0.29) is 29.8 Å². The third kappa shape index (κ3) is 3.65. The van der Waals surface area contributed by atoms with Crippen LogP contribution in [-0.4, -0.2) is 41.1 Å². The van der Waals surface area contributed by atoms with Crippen LogP contribution in [0, 0.1) is 11.7 Å². The van der Waals surface area contributed by atoms with Crippen LogP contribution in [-0.2, 0) is 16.1 Å². The summed E-state index contributed by atoms with van der Waals surface area (Å²) >= 11 is 1.61. The molecule has 0 spiro atoms. The molecule has 1 amide bonds. The predicted molar refractivity (Wildman–Crippen MR) is 98.0 cm³/mol. The first-order chi connectivity index (χ1) is 12.6. The van der Waals surface area contributed by atoms with Crippen LogP contribution in [0.4, 0.5) is 4.39 Å². The summed E-state index contributed by atoms with van der Waals surface area (Å²) in [5.41, 5.74) is 7.32. The molecule has 1 saturated heterocycles. The number of morpholine rings is 1. The van der Waals surface area contributed by atoms with E-state index in [1.807, 2.05) is 5.38 Å². The van der Waals surface area contributed by atoms with Crippen molar-refractivity contribution >= 4 is 17.2 Å². The van der Waals surface area contributed by atoms with Crippen molar-refractivity contribution in [3.63, 3.8) is 0 Å². The number of benzene rings is 1. The van der Waals surface area contributed by atoms with Gasteiger partial charge in [0, 0.05) is 29.4 Å². The zero-order chi connectivity index (χ0) is 18.1. The van der Waals surface area contributed by atoms with Crippen molar-refractivity contribution in [3.8, 4) is 11.3 Å². The number of hydrogen-bond acceptors (Lipinski definition) is 5. The third-order valence-electron chi connectivity index (χ3n) is 5.37. The van der Waals surface area contributed by atoms with Gasteiger partial charge in [-0.3, -0.25) is 9.69 Å². The van der Waals surface area contributed by atoms with E-state index in [2.05, 4.69) is 4.90 Å². The zero-order valence-electron chi connectivity index (χ0n) is 14.4. The van der Waals surface area contributed by atoms with Gasteiger partial charge in [-0.15, -0.1) is 11.3 Å². The lowest BCUT2D eigenvalue weighted by Crippen LogP contribution is -2.54. The molecule has 2 aliphatic rings. The molecule has 1 aliphatic heterocycles. The Morgan fingerprint density at radius 2 is 2.15 bits per heavy atom. The monoisotopic (exact) mass is 375 g/mol. The lowest BCUT2D eigenvalue weighted by Gasteiger charge is -2.45. The van der Waals surface area contributed by atoms with E-state index in [0.717, 1.165) is 48.6 Å². The Morgan fingerprint density at radius 3 is 2.92 bits per heavy atom. The number of thiazole rings is 1. The first-order valence-corrected chi connectivity index (χ1v) is 9.83. The van der Waals surface area contributed by atoms with Crippen LogP contribution in [0.25, 0.3) is 11.3 Å². The maximum Gasteiger partial charge on any atom is 0.220 e. The van der Waals surface area contributed by atoms with Gasteiger partial charge in [-0.2, -0.15) is 0 Å². The van der Waals surface area contributed by atoms with E-state index >= 15 is 0 Å². The molecule has 26 heavy (non-hydrogen) atoms. The lowest BCUT2D eigenvalue weighted by molar-refractivity contribution is -0.131. The molecule has 0 bridgehead atoms. The summed E-state index contributed by atoms with van der Waals surface area (Å²) in [5, 5.41) is 3.03. The molecule has 1 saturated carbocycles. The molecule has 0 unspecified atom stereocenters. The minimum absolute atomic E-state index is 0.0634. The normalized spacial score (nSPS) is 26.4. The molecule has 3 atom stereocenters. The Kier molecular flexibility index (Phi) is 5.02. The van der Waals surface area contributed by atoms with Crippen LogP contribution in [0.15, 0.2) is 29.6 Å². The number of carbonyl (C=O) groups is 1. The number of amides is 1. The summed E-state index contributed by atoms with van der Waals surface area (Å²) in [7, 11) is 0. The molecule has 5 nitrogen and oxygen atoms in total. The fourth-order valence-electron chi connectivity index (χ4n) is 3.95. The molecule has 2 heterocycles. The van der Waals surface area contributed by atoms with E-state index in [4.69, 9.17) is 15.5 Å². The SMILES string of the molecule is NC(=O)[C@H]1CC[C@H]2OCCN(Cc3nc(-c4ccc(F)cc4)cs3)[C@@H]2C1. The Balaban J connectivity index is 1.47. The van der Waals surface area contributed by atoms with Gasteiger partial charge in [0.15, 0.2) is 0 Å². The van der Waals surface area contributed by atoms with Gasteiger partial charge in [0.25, 0.3) is 0 Å². The summed E-state index contributed by atoms with van der Waals surface area (Å²) in [5.74, 6) is -0.516. The van der Waals surface area contributed by atoms with Crippen molar-refractivity contribution in [1.82, 2.24) is 9.88 Å². The number of nitrogens with zero attached hydrogens (tertiary/aromatic N) is 2. The minimum atomic E-state index is -0.245. The Labute approximate surface area is 156 Å². The number of ether oxygens (including phenoxy) is 1. The van der Waals surface area contributed by atoms with Crippen molar-refractivity contribution in [3.05, 3.63) is 40.5 Å². The molecular formula is C19H22FN3O2S. The molecular weight excluding hydrogens is 353 g/mol. The van der Waals surface area contributed by atoms with Crippen molar-refractivity contribution in [2.45, 2.75) is 38.0 Å². The van der Waals surface area contributed by atoms with E-state index in [1.165, 1.54) is 12.1 Å². The number of carbonyl (C=O) groups excluding carboxylic acids is 1. The van der Waals surface area contributed by atoms with Crippen LogP contribution in [0.5, 0.6) is 0 Å². The number of primary amides is 1. The Hall–Kier alpha value is -1.83. The first-order valence-electron chi connectivity index (χ1n) is 8.95. The molecule has 2 fully saturated rings. The molecule has 138 valence electrons. The number of hydrogen-bond donors (Lipinski definition) is 1. The van der Waals surface area contributed by atoms with Gasteiger partial charge >= 0.3 is 0 Å². The second-order valence-corrected chi connectivity index (χ2v) is 7.94. The maximum absolute atomic E-state index is 13.1. The van der Waals surface area contributed by atoms with E-state index in [1.54, 1.807) is 23.5 Å². The van der Waals surface area contributed by atoms with Crippen LogP contribution in [0.2, 0.25) is 0 Å². The number of fused-ring (bicyclic) bond motifs is 1. The van der Waals surface area contributed by atoms with Gasteiger partial charge in [-0.05, 0) is 43.5 Å². The molecule has 2 N–H and O–H groups in total. The minimum Gasteiger partial charge on any atom is -0.375 e. The third-order valence-corrected chi connectivity index (χ3v) is 6.20. The zero-order valence-corrected chi connectivity index (χ0v) is 15.3. The Bertz CT molecular complexity index is 779. The molecule has 7 heteroatoms. The molecule has 2 aromatic rings. The molecule has 1 aromatic heterocycles. The molecule has 1 aliphatic carbocycles. The van der Waals surface area contributed by atoms with E-state index in [0.29, 0.717) is 6.61 Å². The van der Waals surface area contributed by atoms with E-state index in [9.17, 15) is 9.18 Å². The second-order valence-electron chi connectivity index (χ2n) is 6.99. The van der Waals surface area contributed by atoms with Crippen molar-refractivity contribution < 1.29 is 13.9 Å². The van der Waals surface area contributed by atoms with Crippen LogP contribution >= 0.6 is 11.3 Å². The van der Waals surface area contributed by atoms with Gasteiger partial charge in [-0.25, -0.2) is 9.37 Å². The summed E-state index contributed by atoms with van der Waals surface area (Å²) in [6.45, 7) is 2.28. The molecule has 0 radical (unpaired) electrons. The van der Waals surface area contributed by atoms with Gasteiger partial charge in [0.05, 0.1) is 24.9 Å². The summed E-state index contributed by atoms with van der Waals surface area (Å²) in [6.07, 6.45) is 2.64. The summed E-state index contributed by atoms with van der Waals surface area (Å²) in [4.78, 5) is 18.7. The highest BCUT2D eigenvalue weighted by atomic mass is 32.1. The topological polar surface area (TPSA) is 68.5 Å². The van der Waals surface area contributed by atoms with Crippen LogP contribution in [0.3, 0.4) is 0 Å². The van der Waals surface area contributed by atoms with Crippen molar-refractivity contribution in [2.24, 2.45) is 11.7 Å². The fraction of sp³-hybridized carbons (Fsp3) is 0.474. The standard InChI is InChI=1S/C19H22FN3O2S/c20-14-4-1-12(2-5-14)15-11-26-18(22-15)10-23-7-8-25-17-6-3-13(19(21)24)9-16(17)23/h1-2,4-5,11,13,16-17H,3,6-10H2,(H2,21,24)/t13-,16+,17+/m0/s1. The van der Waals surface area contributed by atoms with Gasteiger partial charge in [0.1, 0.15) is 10.8 Å². The van der Waals surface area contributed by atoms with Crippen molar-refractivity contribution in [1.29, 1.82) is 0 Å². The number of rotatable bonds is 4. The van der Waals surface area contributed by atoms with Crippen LogP contribution < -0.4 is 5.73 Å². The van der Waals surface area contributed by atoms with Crippen molar-refractivity contribution in [2.75, 3.05) is 13.2 Å². The molecule has 1 aromatic carbocycles. The fourth-order valence-corrected chi connectivity index (χ4v) is 4.78. The van der Waals surface area contributed by atoms with Gasteiger partial charge in [0.2, 0.25) is 5.91 Å². The maximum atomic E-state index is 13.1. The number of halogens is 1. The average Bonchev–Trinajstić information content (AvgIpc) is 3.11. The largest absolute Gasteiger partial charge is 0.375 e. The quantitative estimate of drug-likeness (QED) is 0.892. The predicted octanol–water partition coefficient (Wildman–Crippen LogP) is 2.80. The van der Waals surface area contributed by atoms with E-state index < -0.39 is 0 Å². The molecule has 4 rings (SSSR count). The second kappa shape index (κ2) is 7.42. The highest BCUT2D eigenvalue weighted by Crippen LogP contribution is 2.33. The number of nitrogens with two attached hydrogens (primary N) is 1. The summed E-state index contributed by atoms with van der Waals surface area (Å²) in [6, 6.07) is 6.61. The van der Waals surface area contributed by atoms with Crippen LogP contribution in [0.1, 0.15) is 24.3 Å². The van der Waals surface area contributed by atoms with Gasteiger partial charge < -0.3 is 10.5 Å². The number of aromatic nitrogens is 1.